The second kappa shape index (κ2) is 49.8. The molecule has 0 aliphatic rings. The lowest BCUT2D eigenvalue weighted by Crippen LogP contribution is -2.47. The summed E-state index contributed by atoms with van der Waals surface area (Å²) in [7, 11) is 1.19. The molecule has 69 heavy (non-hydrogen) atoms. The first-order valence-corrected chi connectivity index (χ1v) is 30.8. The quantitative estimate of drug-likeness (QED) is 0.0212. The zero-order valence-electron chi connectivity index (χ0n) is 46.3. The molecule has 3 unspecified atom stereocenters. The maximum Gasteiger partial charge on any atom is 0.306 e. The van der Waals surface area contributed by atoms with Gasteiger partial charge in [-0.25, -0.2) is 0 Å². The molecule has 10 heteroatoms. The summed E-state index contributed by atoms with van der Waals surface area (Å²) in [5, 5.41) is 3.02. The molecule has 0 fully saturated rings. The van der Waals surface area contributed by atoms with Crippen LogP contribution in [0.25, 0.3) is 0 Å². The second-order valence-corrected chi connectivity index (χ2v) is 22.6. The lowest BCUT2D eigenvalue weighted by atomic mass is 10.0. The number of rotatable bonds is 53. The maximum absolute atomic E-state index is 13.5. The molecule has 0 rings (SSSR count). The fraction of sp³-hybridized carbons (Fsp3) is 0.864. The van der Waals surface area contributed by atoms with Crippen LogP contribution in [0, 0.1) is 0 Å². The molecule has 0 bridgehead atoms. The average Bonchev–Trinajstić information content (AvgIpc) is 3.31. The summed E-state index contributed by atoms with van der Waals surface area (Å²) < 4.78 is 30.2. The maximum atomic E-state index is 13.5. The minimum Gasteiger partial charge on any atom is -0.756 e. The number of unbranched alkanes of at least 4 members (excludes halogenated alkanes) is 33. The molecule has 1 amide bonds. The molecule has 0 saturated heterocycles. The van der Waals surface area contributed by atoms with Gasteiger partial charge in [0.2, 0.25) is 5.91 Å². The highest BCUT2D eigenvalue weighted by atomic mass is 31.2. The van der Waals surface area contributed by atoms with Crippen LogP contribution in [-0.4, -0.2) is 69.4 Å². The second-order valence-electron chi connectivity index (χ2n) is 21.2. The third kappa shape index (κ3) is 51.0. The summed E-state index contributed by atoms with van der Waals surface area (Å²) in [6, 6.07) is -0.885. The molecule has 0 aromatic heterocycles. The van der Waals surface area contributed by atoms with Gasteiger partial charge in [0.05, 0.1) is 33.8 Å². The fourth-order valence-corrected chi connectivity index (χ4v) is 9.22. The number of hydrogen-bond acceptors (Lipinski definition) is 7. The number of quaternary nitrogens is 1. The van der Waals surface area contributed by atoms with E-state index in [2.05, 4.69) is 50.4 Å². The number of phosphoric acid groups is 1. The van der Waals surface area contributed by atoms with Gasteiger partial charge in [-0.15, -0.1) is 0 Å². The van der Waals surface area contributed by atoms with Crippen molar-refractivity contribution in [3.8, 4) is 0 Å². The number of esters is 1. The van der Waals surface area contributed by atoms with Crippen LogP contribution in [0.3, 0.4) is 0 Å². The van der Waals surface area contributed by atoms with Crippen molar-refractivity contribution in [3.05, 3.63) is 36.5 Å². The van der Waals surface area contributed by atoms with Crippen molar-refractivity contribution in [3.63, 3.8) is 0 Å². The molecular weight excluding hydrogens is 880 g/mol. The summed E-state index contributed by atoms with van der Waals surface area (Å²) in [5.41, 5.74) is 0. The minimum atomic E-state index is -4.69. The minimum absolute atomic E-state index is 0.0212. The van der Waals surface area contributed by atoms with Crippen molar-refractivity contribution < 1.29 is 37.3 Å². The molecule has 1 N–H and O–H groups in total. The Hall–Kier alpha value is -1.77. The molecule has 0 aromatic carbocycles. The Bertz CT molecular complexity index is 1280. The van der Waals surface area contributed by atoms with E-state index in [1.54, 1.807) is 0 Å². The Balaban J connectivity index is 5.25. The number of carbonyl (C=O) groups is 2. The highest BCUT2D eigenvalue weighted by Gasteiger charge is 2.27. The molecule has 9 nitrogen and oxygen atoms in total. The van der Waals surface area contributed by atoms with E-state index < -0.39 is 20.0 Å². The molecule has 3 atom stereocenters. The summed E-state index contributed by atoms with van der Waals surface area (Å²) in [6.07, 6.45) is 58.1. The Kier molecular flexibility index (Phi) is 48.5. The zero-order chi connectivity index (χ0) is 50.8. The predicted octanol–water partition coefficient (Wildman–Crippen LogP) is 16.9. The van der Waals surface area contributed by atoms with E-state index >= 15 is 0 Å². The van der Waals surface area contributed by atoms with Crippen molar-refractivity contribution in [2.75, 3.05) is 40.9 Å². The van der Waals surface area contributed by atoms with Gasteiger partial charge in [-0.1, -0.05) is 237 Å². The predicted molar refractivity (Wildman–Crippen MR) is 293 cm³/mol. The third-order valence-electron chi connectivity index (χ3n) is 13.1. The van der Waals surface area contributed by atoms with E-state index in [0.29, 0.717) is 17.4 Å². The number of hydrogen-bond donors (Lipinski definition) is 1. The first kappa shape index (κ1) is 67.2. The van der Waals surface area contributed by atoms with Crippen molar-refractivity contribution in [2.45, 2.75) is 290 Å². The molecule has 0 heterocycles. The van der Waals surface area contributed by atoms with Crippen LogP contribution in [0.1, 0.15) is 278 Å². The zero-order valence-corrected chi connectivity index (χ0v) is 47.2. The molecule has 0 aliphatic heterocycles. The van der Waals surface area contributed by atoms with Crippen LogP contribution in [0.15, 0.2) is 36.5 Å². The molecular formula is C59H113N2O7P. The SMILES string of the molecule is CCCCC/C=C\C/C=C\CCCCCCCCCCCC(=O)NC(COP(=O)([O-])OCC[N+](C)(C)C)C(/C=C\CCCCCCCCCCC)OC(=O)CCCCCCCCCCCCCCC. The Labute approximate surface area is 427 Å². The molecule has 406 valence electrons. The third-order valence-corrected chi connectivity index (χ3v) is 14.0. The van der Waals surface area contributed by atoms with E-state index in [-0.39, 0.29) is 31.5 Å². The van der Waals surface area contributed by atoms with Crippen molar-refractivity contribution in [1.82, 2.24) is 5.32 Å². The largest absolute Gasteiger partial charge is 0.756 e. The van der Waals surface area contributed by atoms with Crippen molar-refractivity contribution >= 4 is 19.7 Å². The number of phosphoric ester groups is 1. The molecule has 0 aliphatic carbocycles. The van der Waals surface area contributed by atoms with Gasteiger partial charge in [-0.05, 0) is 63.9 Å². The van der Waals surface area contributed by atoms with Gasteiger partial charge < -0.3 is 28.5 Å². The highest BCUT2D eigenvalue weighted by Crippen LogP contribution is 2.38. The van der Waals surface area contributed by atoms with Crippen LogP contribution < -0.4 is 10.2 Å². The number of amides is 1. The number of nitrogens with zero attached hydrogens (tertiary/aromatic N) is 1. The van der Waals surface area contributed by atoms with Gasteiger partial charge in [0, 0.05) is 12.8 Å². The van der Waals surface area contributed by atoms with Crippen molar-refractivity contribution in [1.29, 1.82) is 0 Å². The summed E-state index contributed by atoms with van der Waals surface area (Å²) in [6.45, 7) is 6.82. The highest BCUT2D eigenvalue weighted by molar-refractivity contribution is 7.45. The summed E-state index contributed by atoms with van der Waals surface area (Å²) >= 11 is 0. The molecule has 0 aromatic rings. The lowest BCUT2D eigenvalue weighted by molar-refractivity contribution is -0.870. The normalized spacial score (nSPS) is 14.0. The van der Waals surface area contributed by atoms with E-state index in [1.165, 1.54) is 167 Å². The topological polar surface area (TPSA) is 114 Å². The van der Waals surface area contributed by atoms with Gasteiger partial charge in [0.15, 0.2) is 0 Å². The van der Waals surface area contributed by atoms with Gasteiger partial charge >= 0.3 is 5.97 Å². The lowest BCUT2D eigenvalue weighted by Gasteiger charge is -2.30. The van der Waals surface area contributed by atoms with E-state index in [4.69, 9.17) is 13.8 Å². The molecule has 0 saturated carbocycles. The van der Waals surface area contributed by atoms with E-state index in [0.717, 1.165) is 77.0 Å². The van der Waals surface area contributed by atoms with E-state index in [1.807, 2.05) is 33.3 Å². The van der Waals surface area contributed by atoms with Gasteiger partial charge in [0.1, 0.15) is 19.3 Å². The standard InChI is InChI=1S/C59H113N2O7P/c1-7-10-13-16-19-22-25-27-28-29-30-31-32-34-36-39-42-45-48-51-58(62)60-56(55-67-69(64,65)66-54-53-61(4,5)6)57(50-47-44-41-38-35-24-21-18-15-12-9-3)68-59(63)52-49-46-43-40-37-33-26-23-20-17-14-11-8-2/h19,22,27-28,47,50,56-57H,7-18,20-21,23-26,29-46,48-49,51-55H2,1-6H3,(H-,60,62,64,65)/b22-19-,28-27-,50-47-. The Morgan fingerprint density at radius 1 is 0.507 bits per heavy atom. The summed E-state index contributed by atoms with van der Waals surface area (Å²) in [4.78, 5) is 39.8. The first-order valence-electron chi connectivity index (χ1n) is 29.3. The van der Waals surface area contributed by atoms with Crippen LogP contribution in [0.4, 0.5) is 0 Å². The Morgan fingerprint density at radius 3 is 1.33 bits per heavy atom. The van der Waals surface area contributed by atoms with Crippen LogP contribution in [0.5, 0.6) is 0 Å². The number of allylic oxidation sites excluding steroid dienone is 5. The number of carbonyl (C=O) groups excluding carboxylic acids is 2. The molecule has 0 radical (unpaired) electrons. The summed E-state index contributed by atoms with van der Waals surface area (Å²) in [5.74, 6) is -0.537. The van der Waals surface area contributed by atoms with E-state index in [9.17, 15) is 19.0 Å². The molecule has 0 spiro atoms. The smallest absolute Gasteiger partial charge is 0.306 e. The van der Waals surface area contributed by atoms with Crippen LogP contribution in [0.2, 0.25) is 0 Å². The van der Waals surface area contributed by atoms with Gasteiger partial charge in [0.25, 0.3) is 7.82 Å². The van der Waals surface area contributed by atoms with Crippen LogP contribution in [-0.2, 0) is 27.9 Å². The number of nitrogens with one attached hydrogen (secondary N) is 1. The number of ether oxygens (including phenoxy) is 1. The average molecular weight is 994 g/mol. The monoisotopic (exact) mass is 993 g/mol. The van der Waals surface area contributed by atoms with Crippen LogP contribution >= 0.6 is 7.82 Å². The van der Waals surface area contributed by atoms with Gasteiger partial charge in [-0.2, -0.15) is 0 Å². The Morgan fingerprint density at radius 2 is 0.884 bits per heavy atom. The first-order chi connectivity index (χ1) is 33.4. The fourth-order valence-electron chi connectivity index (χ4n) is 8.49. The van der Waals surface area contributed by atoms with Crippen molar-refractivity contribution in [2.24, 2.45) is 0 Å². The van der Waals surface area contributed by atoms with Gasteiger partial charge in [-0.3, -0.25) is 14.2 Å². The number of likely N-dealkylation sites (N-methyl/N-ethyl adjacent to an activating group) is 1.